The van der Waals surface area contributed by atoms with E-state index in [1.54, 1.807) is 24.3 Å². The van der Waals surface area contributed by atoms with E-state index in [0.29, 0.717) is 24.5 Å². The van der Waals surface area contributed by atoms with Gasteiger partial charge in [-0.3, -0.25) is 4.79 Å². The molecule has 128 valence electrons. The third-order valence-electron chi connectivity index (χ3n) is 4.45. The predicted octanol–water partition coefficient (Wildman–Crippen LogP) is 2.52. The van der Waals surface area contributed by atoms with Gasteiger partial charge >= 0.3 is 0 Å². The highest BCUT2D eigenvalue weighted by Gasteiger charge is 2.26. The van der Waals surface area contributed by atoms with Crippen molar-refractivity contribution in [2.75, 3.05) is 13.1 Å². The summed E-state index contributed by atoms with van der Waals surface area (Å²) in [6, 6.07) is 6.81. The third-order valence-corrected chi connectivity index (χ3v) is 6.36. The van der Waals surface area contributed by atoms with Gasteiger partial charge in [-0.2, -0.15) is 4.31 Å². The van der Waals surface area contributed by atoms with Crippen LogP contribution in [0.15, 0.2) is 29.2 Å². The first kappa shape index (κ1) is 17.9. The third kappa shape index (κ3) is 4.32. The van der Waals surface area contributed by atoms with E-state index in [1.165, 1.54) is 4.31 Å². The standard InChI is InChI=1S/C17H26N2O3S/c1-3-15(4-2)17(20)18-13-14-7-9-16(10-8-14)23(21,22)19-11-5-6-12-19/h7-10,15H,3-6,11-13H2,1-2H3,(H,18,20). The first-order valence-electron chi connectivity index (χ1n) is 8.35. The summed E-state index contributed by atoms with van der Waals surface area (Å²) in [5, 5.41) is 2.92. The highest BCUT2D eigenvalue weighted by molar-refractivity contribution is 7.89. The second kappa shape index (κ2) is 7.93. The van der Waals surface area contributed by atoms with E-state index in [0.717, 1.165) is 31.2 Å². The smallest absolute Gasteiger partial charge is 0.243 e. The number of hydrogen-bond acceptors (Lipinski definition) is 3. The van der Waals surface area contributed by atoms with Crippen molar-refractivity contribution in [1.82, 2.24) is 9.62 Å². The Kier molecular flexibility index (Phi) is 6.18. The SMILES string of the molecule is CCC(CC)C(=O)NCc1ccc(S(=O)(=O)N2CCCC2)cc1. The highest BCUT2D eigenvalue weighted by atomic mass is 32.2. The quantitative estimate of drug-likeness (QED) is 0.831. The Morgan fingerprint density at radius 3 is 2.22 bits per heavy atom. The van der Waals surface area contributed by atoms with Gasteiger partial charge in [0.25, 0.3) is 0 Å². The number of carbonyl (C=O) groups is 1. The van der Waals surface area contributed by atoms with Gasteiger partial charge in [0.2, 0.25) is 15.9 Å². The van der Waals surface area contributed by atoms with Gasteiger partial charge in [-0.25, -0.2) is 8.42 Å². The molecule has 1 aliphatic heterocycles. The van der Waals surface area contributed by atoms with Crippen LogP contribution in [0.2, 0.25) is 0 Å². The minimum atomic E-state index is -3.36. The average molecular weight is 338 g/mol. The summed E-state index contributed by atoms with van der Waals surface area (Å²) < 4.78 is 26.4. The van der Waals surface area contributed by atoms with Crippen molar-refractivity contribution >= 4 is 15.9 Å². The van der Waals surface area contributed by atoms with Crippen LogP contribution in [0.5, 0.6) is 0 Å². The minimum absolute atomic E-state index is 0.0461. The molecule has 0 bridgehead atoms. The average Bonchev–Trinajstić information content (AvgIpc) is 3.10. The lowest BCUT2D eigenvalue weighted by Crippen LogP contribution is -2.29. The topological polar surface area (TPSA) is 66.5 Å². The summed E-state index contributed by atoms with van der Waals surface area (Å²) in [5.41, 5.74) is 0.907. The summed E-state index contributed by atoms with van der Waals surface area (Å²) in [6.45, 7) is 5.65. The second-order valence-electron chi connectivity index (χ2n) is 5.99. The number of nitrogens with one attached hydrogen (secondary N) is 1. The van der Waals surface area contributed by atoms with Gasteiger partial charge in [0, 0.05) is 25.6 Å². The first-order chi connectivity index (χ1) is 11.0. The molecule has 0 aromatic heterocycles. The van der Waals surface area contributed by atoms with Gasteiger partial charge in [0.15, 0.2) is 0 Å². The van der Waals surface area contributed by atoms with Crippen molar-refractivity contribution in [3.8, 4) is 0 Å². The van der Waals surface area contributed by atoms with E-state index in [1.807, 2.05) is 13.8 Å². The molecule has 0 spiro atoms. The molecule has 1 N–H and O–H groups in total. The zero-order chi connectivity index (χ0) is 16.9. The lowest BCUT2D eigenvalue weighted by molar-refractivity contribution is -0.125. The lowest BCUT2D eigenvalue weighted by atomic mass is 10.0. The molecule has 0 atom stereocenters. The monoisotopic (exact) mass is 338 g/mol. The van der Waals surface area contributed by atoms with Crippen molar-refractivity contribution in [2.24, 2.45) is 5.92 Å². The number of benzene rings is 1. The molecule has 23 heavy (non-hydrogen) atoms. The van der Waals surface area contributed by atoms with Crippen LogP contribution in [0.3, 0.4) is 0 Å². The number of rotatable bonds is 7. The van der Waals surface area contributed by atoms with Crippen LogP contribution >= 0.6 is 0 Å². The molecule has 1 aliphatic rings. The van der Waals surface area contributed by atoms with Crippen LogP contribution in [0.4, 0.5) is 0 Å². The molecule has 0 saturated carbocycles. The van der Waals surface area contributed by atoms with E-state index in [2.05, 4.69) is 5.32 Å². The van der Waals surface area contributed by atoms with Crippen molar-refractivity contribution in [1.29, 1.82) is 0 Å². The number of carbonyl (C=O) groups excluding carboxylic acids is 1. The maximum Gasteiger partial charge on any atom is 0.243 e. The maximum absolute atomic E-state index is 12.4. The Bertz CT molecular complexity index is 616. The summed E-state index contributed by atoms with van der Waals surface area (Å²) in [6.07, 6.45) is 3.52. The van der Waals surface area contributed by atoms with Gasteiger partial charge in [-0.15, -0.1) is 0 Å². The maximum atomic E-state index is 12.4. The molecule has 1 amide bonds. The summed E-state index contributed by atoms with van der Waals surface area (Å²) in [7, 11) is -3.36. The first-order valence-corrected chi connectivity index (χ1v) is 9.79. The molecular formula is C17H26N2O3S. The molecule has 1 aromatic carbocycles. The fraction of sp³-hybridized carbons (Fsp3) is 0.588. The fourth-order valence-electron chi connectivity index (χ4n) is 2.85. The van der Waals surface area contributed by atoms with Crippen LogP contribution in [0.1, 0.15) is 45.1 Å². The Hall–Kier alpha value is -1.40. The van der Waals surface area contributed by atoms with Crippen LogP contribution < -0.4 is 5.32 Å². The summed E-state index contributed by atoms with van der Waals surface area (Å²) in [5.74, 6) is 0.105. The summed E-state index contributed by atoms with van der Waals surface area (Å²) >= 11 is 0. The molecule has 0 unspecified atom stereocenters. The van der Waals surface area contributed by atoms with Crippen molar-refractivity contribution in [3.63, 3.8) is 0 Å². The number of amides is 1. The highest BCUT2D eigenvalue weighted by Crippen LogP contribution is 2.21. The van der Waals surface area contributed by atoms with E-state index in [9.17, 15) is 13.2 Å². The molecule has 1 heterocycles. The molecule has 6 heteroatoms. The van der Waals surface area contributed by atoms with Crippen LogP contribution in [0, 0.1) is 5.92 Å². The van der Waals surface area contributed by atoms with Crippen LogP contribution in [0.25, 0.3) is 0 Å². The zero-order valence-electron chi connectivity index (χ0n) is 13.9. The number of sulfonamides is 1. The molecular weight excluding hydrogens is 312 g/mol. The summed E-state index contributed by atoms with van der Waals surface area (Å²) in [4.78, 5) is 12.3. The second-order valence-corrected chi connectivity index (χ2v) is 7.92. The van der Waals surface area contributed by atoms with Crippen LogP contribution in [-0.4, -0.2) is 31.7 Å². The molecule has 1 saturated heterocycles. The Morgan fingerprint density at radius 2 is 1.70 bits per heavy atom. The molecule has 1 aromatic rings. The van der Waals surface area contributed by atoms with Gasteiger partial charge < -0.3 is 5.32 Å². The van der Waals surface area contributed by atoms with Gasteiger partial charge in [0.05, 0.1) is 4.90 Å². The van der Waals surface area contributed by atoms with E-state index >= 15 is 0 Å². The Balaban J connectivity index is 1.98. The molecule has 0 aliphatic carbocycles. The van der Waals surface area contributed by atoms with E-state index in [4.69, 9.17) is 0 Å². The van der Waals surface area contributed by atoms with Crippen LogP contribution in [-0.2, 0) is 21.4 Å². The van der Waals surface area contributed by atoms with Gasteiger partial charge in [0.1, 0.15) is 0 Å². The Labute approximate surface area is 139 Å². The van der Waals surface area contributed by atoms with Crippen molar-refractivity contribution in [3.05, 3.63) is 29.8 Å². The minimum Gasteiger partial charge on any atom is -0.352 e. The number of hydrogen-bond donors (Lipinski definition) is 1. The normalized spacial score (nSPS) is 16.0. The van der Waals surface area contributed by atoms with Gasteiger partial charge in [-0.1, -0.05) is 26.0 Å². The largest absolute Gasteiger partial charge is 0.352 e. The molecule has 1 fully saturated rings. The van der Waals surface area contributed by atoms with E-state index < -0.39 is 10.0 Å². The zero-order valence-corrected chi connectivity index (χ0v) is 14.7. The van der Waals surface area contributed by atoms with Crippen molar-refractivity contribution < 1.29 is 13.2 Å². The molecule has 0 radical (unpaired) electrons. The van der Waals surface area contributed by atoms with Crippen molar-refractivity contribution in [2.45, 2.75) is 51.0 Å². The van der Waals surface area contributed by atoms with Gasteiger partial charge in [-0.05, 0) is 43.4 Å². The number of nitrogens with zero attached hydrogens (tertiary/aromatic N) is 1. The predicted molar refractivity (Wildman–Crippen MR) is 90.4 cm³/mol. The fourth-order valence-corrected chi connectivity index (χ4v) is 4.37. The van der Waals surface area contributed by atoms with E-state index in [-0.39, 0.29) is 11.8 Å². The molecule has 2 rings (SSSR count). The Morgan fingerprint density at radius 1 is 1.13 bits per heavy atom. The molecule has 5 nitrogen and oxygen atoms in total. The lowest BCUT2D eigenvalue weighted by Gasteiger charge is -2.16.